The molecule has 17 heavy (non-hydrogen) atoms. The molecule has 0 saturated carbocycles. The molecule has 0 unspecified atom stereocenters. The maximum absolute atomic E-state index is 11.1. The highest BCUT2D eigenvalue weighted by atomic mass is 16.5. The first kappa shape index (κ1) is 15.9. The lowest BCUT2D eigenvalue weighted by Gasteiger charge is -2.18. The van der Waals surface area contributed by atoms with Crippen LogP contribution in [0.3, 0.4) is 0 Å². The van der Waals surface area contributed by atoms with Crippen LogP contribution in [0.4, 0.5) is 0 Å². The van der Waals surface area contributed by atoms with Crippen molar-refractivity contribution in [3.05, 3.63) is 0 Å². The van der Waals surface area contributed by atoms with Crippen LogP contribution in [-0.2, 0) is 14.3 Å². The van der Waals surface area contributed by atoms with E-state index in [9.17, 15) is 9.59 Å². The van der Waals surface area contributed by atoms with E-state index in [4.69, 9.17) is 10.5 Å². The Morgan fingerprint density at radius 3 is 2.24 bits per heavy atom. The van der Waals surface area contributed by atoms with Crippen molar-refractivity contribution in [2.24, 2.45) is 5.73 Å². The molecule has 0 saturated heterocycles. The third-order valence-corrected chi connectivity index (χ3v) is 2.24. The lowest BCUT2D eigenvalue weighted by Crippen LogP contribution is -2.31. The summed E-state index contributed by atoms with van der Waals surface area (Å²) < 4.78 is 4.97. The van der Waals surface area contributed by atoms with Crippen molar-refractivity contribution in [3.63, 3.8) is 0 Å². The van der Waals surface area contributed by atoms with Gasteiger partial charge in [-0.15, -0.1) is 0 Å². The minimum absolute atomic E-state index is 0.0509. The van der Waals surface area contributed by atoms with Crippen molar-refractivity contribution in [1.29, 1.82) is 0 Å². The van der Waals surface area contributed by atoms with Crippen LogP contribution in [0.2, 0.25) is 0 Å². The maximum atomic E-state index is 11.1. The number of esters is 1. The minimum atomic E-state index is -0.481. The average Bonchev–Trinajstić information content (AvgIpc) is 2.23. The normalized spacial score (nSPS) is 10.9. The number of nitrogens with zero attached hydrogens (tertiary/aromatic N) is 2. The zero-order valence-electron chi connectivity index (χ0n) is 10.9. The van der Waals surface area contributed by atoms with E-state index >= 15 is 0 Å². The lowest BCUT2D eigenvalue weighted by atomic mass is 10.3. The molecule has 0 aromatic heterocycles. The van der Waals surface area contributed by atoms with Gasteiger partial charge in [0.15, 0.2) is 0 Å². The summed E-state index contributed by atoms with van der Waals surface area (Å²) in [4.78, 5) is 25.8. The third kappa shape index (κ3) is 11.1. The monoisotopic (exact) mass is 245 g/mol. The van der Waals surface area contributed by atoms with Crippen LogP contribution in [-0.4, -0.2) is 69.1 Å². The molecule has 0 spiro atoms. The summed E-state index contributed by atoms with van der Waals surface area (Å²) in [5.41, 5.74) is 4.93. The molecule has 0 rings (SSSR count). The summed E-state index contributed by atoms with van der Waals surface area (Å²) in [5, 5.41) is 0. The van der Waals surface area contributed by atoms with Gasteiger partial charge in [-0.05, 0) is 21.1 Å². The van der Waals surface area contributed by atoms with Gasteiger partial charge in [-0.2, -0.15) is 0 Å². The molecule has 2 N–H and O–H groups in total. The molecule has 0 aliphatic carbocycles. The summed E-state index contributed by atoms with van der Waals surface area (Å²) in [6.45, 7) is 2.93. The Hall–Kier alpha value is -1.14. The topological polar surface area (TPSA) is 75.9 Å². The highest BCUT2D eigenvalue weighted by Gasteiger charge is 2.06. The number of rotatable bonds is 9. The molecule has 1 amide bonds. The van der Waals surface area contributed by atoms with Gasteiger partial charge in [0.2, 0.25) is 5.91 Å². The predicted molar refractivity (Wildman–Crippen MR) is 65.4 cm³/mol. The van der Waals surface area contributed by atoms with E-state index in [1.165, 1.54) is 0 Å². The molecular weight excluding hydrogens is 222 g/mol. The summed E-state index contributed by atoms with van der Waals surface area (Å²) in [6, 6.07) is 0. The maximum Gasteiger partial charge on any atom is 0.306 e. The van der Waals surface area contributed by atoms with E-state index in [2.05, 4.69) is 9.80 Å². The Kier molecular flexibility index (Phi) is 8.35. The fourth-order valence-corrected chi connectivity index (χ4v) is 1.10. The number of carbonyl (C=O) groups is 2. The SMILES string of the molecule is CN(C)CCN(C)CCOC(=O)CCC(N)=O. The summed E-state index contributed by atoms with van der Waals surface area (Å²) in [6.07, 6.45) is 0.117. The van der Waals surface area contributed by atoms with Crippen molar-refractivity contribution in [1.82, 2.24) is 9.80 Å². The molecule has 0 aliphatic rings. The summed E-state index contributed by atoms with van der Waals surface area (Å²) in [5.74, 6) is -0.852. The van der Waals surface area contributed by atoms with Crippen LogP contribution < -0.4 is 5.73 Å². The molecule has 100 valence electrons. The van der Waals surface area contributed by atoms with Crippen LogP contribution in [0, 0.1) is 0 Å². The van der Waals surface area contributed by atoms with Gasteiger partial charge in [0.05, 0.1) is 6.42 Å². The summed E-state index contributed by atoms with van der Waals surface area (Å²) in [7, 11) is 6.00. The Morgan fingerprint density at radius 2 is 1.71 bits per heavy atom. The fourth-order valence-electron chi connectivity index (χ4n) is 1.10. The van der Waals surface area contributed by atoms with Gasteiger partial charge in [-0.1, -0.05) is 0 Å². The molecular formula is C11H23N3O3. The first-order chi connectivity index (χ1) is 7.91. The molecule has 6 nitrogen and oxygen atoms in total. The van der Waals surface area contributed by atoms with E-state index in [0.29, 0.717) is 13.2 Å². The Labute approximate surface area is 103 Å². The van der Waals surface area contributed by atoms with Crippen molar-refractivity contribution in [2.75, 3.05) is 47.4 Å². The number of nitrogens with two attached hydrogens (primary N) is 1. The van der Waals surface area contributed by atoms with Crippen molar-refractivity contribution in [3.8, 4) is 0 Å². The van der Waals surface area contributed by atoms with Crippen molar-refractivity contribution < 1.29 is 14.3 Å². The van der Waals surface area contributed by atoms with Gasteiger partial charge in [0.1, 0.15) is 6.61 Å². The van der Waals surface area contributed by atoms with E-state index in [1.807, 2.05) is 21.1 Å². The Bertz CT molecular complexity index is 244. The van der Waals surface area contributed by atoms with E-state index in [-0.39, 0.29) is 18.8 Å². The number of hydrogen-bond donors (Lipinski definition) is 1. The molecule has 6 heteroatoms. The standard InChI is InChI=1S/C11H23N3O3/c1-13(2)6-7-14(3)8-9-17-11(16)5-4-10(12)15/h4-9H2,1-3H3,(H2,12,15). The first-order valence-electron chi connectivity index (χ1n) is 5.69. The van der Waals surface area contributed by atoms with E-state index in [1.54, 1.807) is 0 Å². The van der Waals surface area contributed by atoms with Gasteiger partial charge < -0.3 is 20.3 Å². The zero-order chi connectivity index (χ0) is 13.3. The number of hydrogen-bond acceptors (Lipinski definition) is 5. The number of amides is 1. The van der Waals surface area contributed by atoms with Gasteiger partial charge in [-0.25, -0.2) is 0 Å². The average molecular weight is 245 g/mol. The number of likely N-dealkylation sites (N-methyl/N-ethyl adjacent to an activating group) is 2. The largest absolute Gasteiger partial charge is 0.464 e. The number of ether oxygens (including phenoxy) is 1. The van der Waals surface area contributed by atoms with Crippen molar-refractivity contribution in [2.45, 2.75) is 12.8 Å². The molecule has 0 atom stereocenters. The van der Waals surface area contributed by atoms with Crippen LogP contribution in [0.1, 0.15) is 12.8 Å². The second-order valence-electron chi connectivity index (χ2n) is 4.29. The lowest BCUT2D eigenvalue weighted by molar-refractivity contribution is -0.145. The number of carbonyl (C=O) groups excluding carboxylic acids is 2. The third-order valence-electron chi connectivity index (χ3n) is 2.24. The van der Waals surface area contributed by atoms with Crippen molar-refractivity contribution >= 4 is 11.9 Å². The molecule has 0 bridgehead atoms. The van der Waals surface area contributed by atoms with Gasteiger partial charge in [-0.3, -0.25) is 9.59 Å². The van der Waals surface area contributed by atoms with Crippen LogP contribution in [0.5, 0.6) is 0 Å². The van der Waals surface area contributed by atoms with E-state index in [0.717, 1.165) is 13.1 Å². The zero-order valence-corrected chi connectivity index (χ0v) is 10.9. The van der Waals surface area contributed by atoms with Crippen LogP contribution >= 0.6 is 0 Å². The molecule has 0 aliphatic heterocycles. The van der Waals surface area contributed by atoms with Gasteiger partial charge in [0.25, 0.3) is 0 Å². The Balaban J connectivity index is 3.48. The van der Waals surface area contributed by atoms with Crippen LogP contribution in [0.25, 0.3) is 0 Å². The molecule has 0 heterocycles. The Morgan fingerprint density at radius 1 is 1.06 bits per heavy atom. The number of primary amides is 1. The van der Waals surface area contributed by atoms with Crippen LogP contribution in [0.15, 0.2) is 0 Å². The molecule has 0 aromatic rings. The second kappa shape index (κ2) is 8.95. The van der Waals surface area contributed by atoms with E-state index < -0.39 is 5.91 Å². The highest BCUT2D eigenvalue weighted by Crippen LogP contribution is 1.92. The molecule has 0 radical (unpaired) electrons. The van der Waals surface area contributed by atoms with Gasteiger partial charge in [0, 0.05) is 26.1 Å². The molecule has 0 aromatic carbocycles. The first-order valence-corrected chi connectivity index (χ1v) is 5.69. The molecule has 0 fully saturated rings. The quantitative estimate of drug-likeness (QED) is 0.543. The summed E-state index contributed by atoms with van der Waals surface area (Å²) >= 11 is 0. The fraction of sp³-hybridized carbons (Fsp3) is 0.818. The minimum Gasteiger partial charge on any atom is -0.464 e. The second-order valence-corrected chi connectivity index (χ2v) is 4.29. The van der Waals surface area contributed by atoms with Gasteiger partial charge >= 0.3 is 5.97 Å². The highest BCUT2D eigenvalue weighted by molar-refractivity contribution is 5.79. The predicted octanol–water partition coefficient (Wildman–Crippen LogP) is -0.711. The smallest absolute Gasteiger partial charge is 0.306 e.